The molecule has 0 unspecified atom stereocenters. The van der Waals surface area contributed by atoms with Crippen molar-refractivity contribution in [2.45, 2.75) is 44.3 Å². The smallest absolute Gasteiger partial charge is 0.266 e. The number of methoxy groups -OCH3 is 1. The molecule has 44 heavy (non-hydrogen) atoms. The van der Waals surface area contributed by atoms with Gasteiger partial charge in [-0.15, -0.1) is 11.3 Å². The molecule has 0 aliphatic heterocycles. The van der Waals surface area contributed by atoms with Gasteiger partial charge in [-0.2, -0.15) is 0 Å². The van der Waals surface area contributed by atoms with E-state index >= 15 is 0 Å². The first kappa shape index (κ1) is 32.4. The number of ether oxygens (including phenoxy) is 1. The molecule has 7 nitrogen and oxygen atoms in total. The molecule has 4 aromatic rings. The summed E-state index contributed by atoms with van der Waals surface area (Å²) in [6, 6.07) is 14.6. The second-order valence-corrected chi connectivity index (χ2v) is 14.6. The number of benzene rings is 3. The van der Waals surface area contributed by atoms with Crippen molar-refractivity contribution in [1.29, 1.82) is 0 Å². The lowest BCUT2D eigenvalue weighted by Gasteiger charge is -2.38. The van der Waals surface area contributed by atoms with E-state index in [2.05, 4.69) is 4.72 Å². The SMILES string of the molecule is COc1ccc(-c2ccc(NS(C)(=O)=O)cc2)cc1CN(C(=O)c1sc2c(F)ccc(F)c2c1Cl)[C@H]1CC[C@H](N(C)Cl)CC1. The van der Waals surface area contributed by atoms with Gasteiger partial charge in [0, 0.05) is 36.9 Å². The highest BCUT2D eigenvalue weighted by molar-refractivity contribution is 7.92. The minimum atomic E-state index is -3.41. The number of anilines is 1. The molecule has 1 amide bonds. The third-order valence-electron chi connectivity index (χ3n) is 7.89. The molecule has 1 aliphatic rings. The van der Waals surface area contributed by atoms with Crippen molar-refractivity contribution < 1.29 is 26.7 Å². The first-order valence-electron chi connectivity index (χ1n) is 13.9. The number of hydrogen-bond donors (Lipinski definition) is 1. The minimum Gasteiger partial charge on any atom is -0.496 e. The maximum absolute atomic E-state index is 14.7. The van der Waals surface area contributed by atoms with Crippen LogP contribution in [0.4, 0.5) is 14.5 Å². The monoisotopic (exact) mass is 681 g/mol. The lowest BCUT2D eigenvalue weighted by Crippen LogP contribution is -2.44. The predicted octanol–water partition coefficient (Wildman–Crippen LogP) is 7.92. The van der Waals surface area contributed by atoms with Crippen LogP contribution in [0.2, 0.25) is 5.02 Å². The highest BCUT2D eigenvalue weighted by Gasteiger charge is 2.34. The summed E-state index contributed by atoms with van der Waals surface area (Å²) >= 11 is 13.6. The van der Waals surface area contributed by atoms with Crippen LogP contribution in [0.1, 0.15) is 40.9 Å². The van der Waals surface area contributed by atoms with E-state index in [0.29, 0.717) is 24.3 Å². The number of carbonyl (C=O) groups is 1. The van der Waals surface area contributed by atoms with E-state index in [4.69, 9.17) is 28.1 Å². The number of nitrogens with zero attached hydrogens (tertiary/aromatic N) is 2. The molecule has 1 N–H and O–H groups in total. The molecular formula is C31H31Cl2F2N3O4S2. The average molecular weight is 683 g/mol. The molecule has 1 fully saturated rings. The number of nitrogens with one attached hydrogen (secondary N) is 1. The van der Waals surface area contributed by atoms with Crippen LogP contribution in [-0.2, 0) is 16.6 Å². The fourth-order valence-corrected chi connectivity index (χ4v) is 7.93. The van der Waals surface area contributed by atoms with Crippen molar-refractivity contribution >= 4 is 66.4 Å². The summed E-state index contributed by atoms with van der Waals surface area (Å²) in [5, 5.41) is -0.199. The summed E-state index contributed by atoms with van der Waals surface area (Å²) in [7, 11) is -0.0519. The summed E-state index contributed by atoms with van der Waals surface area (Å²) < 4.78 is 62.4. The molecule has 0 saturated heterocycles. The Morgan fingerprint density at radius 2 is 1.61 bits per heavy atom. The first-order valence-corrected chi connectivity index (χ1v) is 17.3. The van der Waals surface area contributed by atoms with Crippen LogP contribution < -0.4 is 9.46 Å². The van der Waals surface area contributed by atoms with E-state index in [1.54, 1.807) is 40.7 Å². The fraction of sp³-hybridized carbons (Fsp3) is 0.323. The molecule has 234 valence electrons. The Hall–Kier alpha value is -2.96. The van der Waals surface area contributed by atoms with E-state index in [1.165, 1.54) is 0 Å². The fourth-order valence-electron chi connectivity index (χ4n) is 5.67. The Morgan fingerprint density at radius 1 is 1.00 bits per heavy atom. The van der Waals surface area contributed by atoms with E-state index in [9.17, 15) is 22.0 Å². The van der Waals surface area contributed by atoms with Gasteiger partial charge in [0.25, 0.3) is 5.91 Å². The van der Waals surface area contributed by atoms with E-state index in [0.717, 1.165) is 59.3 Å². The predicted molar refractivity (Wildman–Crippen MR) is 173 cm³/mol. The van der Waals surface area contributed by atoms with Crippen molar-refractivity contribution in [2.75, 3.05) is 25.1 Å². The Labute approximate surface area is 269 Å². The van der Waals surface area contributed by atoms with Crippen LogP contribution in [-0.4, -0.2) is 56.1 Å². The second-order valence-electron chi connectivity index (χ2n) is 10.9. The molecule has 5 rings (SSSR count). The molecular weight excluding hydrogens is 651 g/mol. The number of hydrogen-bond acceptors (Lipinski definition) is 6. The van der Waals surface area contributed by atoms with Crippen LogP contribution in [0.3, 0.4) is 0 Å². The zero-order valence-corrected chi connectivity index (χ0v) is 27.4. The Morgan fingerprint density at radius 3 is 2.20 bits per heavy atom. The van der Waals surface area contributed by atoms with Crippen molar-refractivity contribution in [3.8, 4) is 16.9 Å². The standard InChI is InChI=1S/C31H31Cl2F2N3O4S2/c1-37(33)22-9-11-23(12-10-22)38(31(39)30-28(32)27-24(34)13-14-25(35)29(27)43-30)17-20-16-19(6-15-26(20)42-2)18-4-7-21(8-5-18)36-44(3,40)41/h4-8,13-16,22-23,36H,9-12,17H2,1-3H3/t22-,23-. The molecule has 3 aromatic carbocycles. The van der Waals surface area contributed by atoms with E-state index in [1.807, 2.05) is 25.2 Å². The van der Waals surface area contributed by atoms with Gasteiger partial charge in [0.15, 0.2) is 0 Å². The summed E-state index contributed by atoms with van der Waals surface area (Å²) in [5.74, 6) is -1.18. The Balaban J connectivity index is 1.52. The Bertz CT molecular complexity index is 1790. The molecule has 1 heterocycles. The van der Waals surface area contributed by atoms with Gasteiger partial charge in [-0.3, -0.25) is 9.52 Å². The highest BCUT2D eigenvalue weighted by Crippen LogP contribution is 2.41. The summed E-state index contributed by atoms with van der Waals surface area (Å²) in [5.41, 5.74) is 2.82. The van der Waals surface area contributed by atoms with E-state index < -0.39 is 27.6 Å². The Kier molecular flexibility index (Phi) is 9.72. The van der Waals surface area contributed by atoms with Crippen molar-refractivity contribution in [3.63, 3.8) is 0 Å². The van der Waals surface area contributed by atoms with Crippen LogP contribution >= 0.6 is 34.7 Å². The lowest BCUT2D eigenvalue weighted by atomic mass is 9.89. The third-order valence-corrected chi connectivity index (χ3v) is 10.4. The van der Waals surface area contributed by atoms with Gasteiger partial charge in [0.2, 0.25) is 10.0 Å². The van der Waals surface area contributed by atoms with Gasteiger partial charge in [0.1, 0.15) is 22.3 Å². The van der Waals surface area contributed by atoms with Gasteiger partial charge in [0.05, 0.1) is 28.5 Å². The molecule has 0 spiro atoms. The molecule has 1 aromatic heterocycles. The number of rotatable bonds is 9. The van der Waals surface area contributed by atoms with Crippen LogP contribution in [0.25, 0.3) is 21.2 Å². The molecule has 0 radical (unpaired) electrons. The van der Waals surface area contributed by atoms with Gasteiger partial charge in [-0.25, -0.2) is 21.6 Å². The minimum absolute atomic E-state index is 0.000777. The summed E-state index contributed by atoms with van der Waals surface area (Å²) in [6.07, 6.45) is 3.97. The normalized spacial score (nSPS) is 17.2. The number of sulfonamides is 1. The van der Waals surface area contributed by atoms with Gasteiger partial charge < -0.3 is 9.64 Å². The molecule has 13 heteroatoms. The molecule has 1 saturated carbocycles. The van der Waals surface area contributed by atoms with Crippen LogP contribution in [0.5, 0.6) is 5.75 Å². The summed E-state index contributed by atoms with van der Waals surface area (Å²) in [6.45, 7) is 0.158. The average Bonchev–Trinajstić information content (AvgIpc) is 3.35. The zero-order valence-electron chi connectivity index (χ0n) is 24.2. The molecule has 0 atom stereocenters. The quantitative estimate of drug-likeness (QED) is 0.182. The number of fused-ring (bicyclic) bond motifs is 1. The topological polar surface area (TPSA) is 79.0 Å². The highest BCUT2D eigenvalue weighted by atomic mass is 35.5. The van der Waals surface area contributed by atoms with Crippen molar-refractivity contribution in [2.24, 2.45) is 0 Å². The maximum Gasteiger partial charge on any atom is 0.266 e. The number of thiophene rings is 1. The lowest BCUT2D eigenvalue weighted by molar-refractivity contribution is 0.0589. The van der Waals surface area contributed by atoms with Gasteiger partial charge in [-0.1, -0.05) is 29.8 Å². The second kappa shape index (κ2) is 13.2. The van der Waals surface area contributed by atoms with E-state index in [-0.39, 0.29) is 38.6 Å². The van der Waals surface area contributed by atoms with Crippen molar-refractivity contribution in [1.82, 2.24) is 9.32 Å². The molecule has 1 aliphatic carbocycles. The molecule has 0 bridgehead atoms. The van der Waals surface area contributed by atoms with Gasteiger partial charge in [-0.05, 0) is 85.0 Å². The number of amides is 1. The van der Waals surface area contributed by atoms with Crippen molar-refractivity contribution in [3.05, 3.63) is 81.7 Å². The number of halogens is 4. The first-order chi connectivity index (χ1) is 20.9. The summed E-state index contributed by atoms with van der Waals surface area (Å²) in [4.78, 5) is 16.1. The van der Waals surface area contributed by atoms with Gasteiger partial charge >= 0.3 is 0 Å². The van der Waals surface area contributed by atoms with Crippen LogP contribution in [0, 0.1) is 11.6 Å². The largest absolute Gasteiger partial charge is 0.496 e. The zero-order chi connectivity index (χ0) is 31.8. The van der Waals surface area contributed by atoms with Crippen LogP contribution in [0.15, 0.2) is 54.6 Å². The maximum atomic E-state index is 14.7. The third kappa shape index (κ3) is 6.97. The number of carbonyl (C=O) groups excluding carboxylic acids is 1.